The maximum absolute atomic E-state index is 8.98. The first-order valence-electron chi connectivity index (χ1n) is 6.17. The highest BCUT2D eigenvalue weighted by atomic mass is 35.5. The highest BCUT2D eigenvalue weighted by molar-refractivity contribution is 6.21. The van der Waals surface area contributed by atoms with E-state index in [0.717, 1.165) is 6.42 Å². The Labute approximate surface area is 108 Å². The molecule has 2 aliphatic rings. The SMILES string of the molecule is CC1(C)[C@H](N)C(C)(C)[C@H]1O[C@@H]1C(Cl)CC1C#N. The molecule has 3 atom stereocenters. The smallest absolute Gasteiger partial charge is 0.0901 e. The predicted molar refractivity (Wildman–Crippen MR) is 67.6 cm³/mol. The van der Waals surface area contributed by atoms with E-state index in [1.165, 1.54) is 0 Å². The van der Waals surface area contributed by atoms with E-state index in [0.29, 0.717) is 0 Å². The normalized spacial score (nSPS) is 46.5. The van der Waals surface area contributed by atoms with Crippen molar-refractivity contribution in [2.24, 2.45) is 22.5 Å². The minimum absolute atomic E-state index is 0.0249. The van der Waals surface area contributed by atoms with Crippen LogP contribution in [0, 0.1) is 28.1 Å². The Morgan fingerprint density at radius 1 is 1.29 bits per heavy atom. The molecule has 2 unspecified atom stereocenters. The first-order chi connectivity index (χ1) is 7.72. The van der Waals surface area contributed by atoms with Gasteiger partial charge < -0.3 is 10.5 Å². The second-order valence-corrected chi connectivity index (χ2v) is 7.15. The van der Waals surface area contributed by atoms with Crippen molar-refractivity contribution in [3.8, 4) is 6.07 Å². The molecule has 0 aromatic rings. The maximum atomic E-state index is 8.98. The second kappa shape index (κ2) is 3.85. The number of nitriles is 1. The number of halogens is 1. The van der Waals surface area contributed by atoms with Crippen molar-refractivity contribution in [2.75, 3.05) is 0 Å². The molecule has 0 radical (unpaired) electrons. The van der Waals surface area contributed by atoms with Crippen molar-refractivity contribution < 1.29 is 4.74 Å². The minimum Gasteiger partial charge on any atom is -0.371 e. The van der Waals surface area contributed by atoms with Crippen molar-refractivity contribution in [1.29, 1.82) is 5.26 Å². The van der Waals surface area contributed by atoms with E-state index in [1.54, 1.807) is 0 Å². The Balaban J connectivity index is 2.07. The van der Waals surface area contributed by atoms with Gasteiger partial charge in [0.05, 0.1) is 29.6 Å². The van der Waals surface area contributed by atoms with Crippen molar-refractivity contribution in [1.82, 2.24) is 0 Å². The lowest BCUT2D eigenvalue weighted by Crippen LogP contribution is -2.73. The van der Waals surface area contributed by atoms with Crippen LogP contribution in [0.2, 0.25) is 0 Å². The summed E-state index contributed by atoms with van der Waals surface area (Å²) in [6.45, 7) is 8.49. The molecule has 2 aliphatic carbocycles. The van der Waals surface area contributed by atoms with Gasteiger partial charge in [-0.25, -0.2) is 0 Å². The molecule has 0 aromatic heterocycles. The molecule has 2 fully saturated rings. The number of rotatable bonds is 2. The molecule has 2 saturated carbocycles. The molecule has 0 spiro atoms. The Kier molecular flexibility index (Phi) is 2.97. The van der Waals surface area contributed by atoms with Gasteiger partial charge in [0, 0.05) is 16.9 Å². The summed E-state index contributed by atoms with van der Waals surface area (Å²) in [4.78, 5) is 0. The molecule has 2 N–H and O–H groups in total. The van der Waals surface area contributed by atoms with Gasteiger partial charge in [0.15, 0.2) is 0 Å². The standard InChI is InChI=1S/C13H21ClN2O/c1-12(2)10(16)13(3,4)11(12)17-9-7(6-15)5-8(9)14/h7-11H,5,16H2,1-4H3/t7?,8?,9-,10-,11-/m0/s1. The Morgan fingerprint density at radius 2 is 1.82 bits per heavy atom. The quantitative estimate of drug-likeness (QED) is 0.771. The third-order valence-corrected chi connectivity index (χ3v) is 5.07. The highest BCUT2D eigenvalue weighted by Crippen LogP contribution is 2.56. The zero-order valence-electron chi connectivity index (χ0n) is 10.9. The van der Waals surface area contributed by atoms with Crippen molar-refractivity contribution >= 4 is 11.6 Å². The van der Waals surface area contributed by atoms with E-state index in [2.05, 4.69) is 33.8 Å². The van der Waals surface area contributed by atoms with Gasteiger partial charge in [-0.05, 0) is 6.42 Å². The first-order valence-corrected chi connectivity index (χ1v) is 6.61. The topological polar surface area (TPSA) is 59.0 Å². The molecular weight excluding hydrogens is 236 g/mol. The highest BCUT2D eigenvalue weighted by Gasteiger charge is 2.62. The van der Waals surface area contributed by atoms with E-state index in [4.69, 9.17) is 27.3 Å². The van der Waals surface area contributed by atoms with E-state index in [9.17, 15) is 0 Å². The third-order valence-electron chi connectivity index (χ3n) is 4.65. The predicted octanol–water partition coefficient (Wildman–Crippen LogP) is 2.28. The number of nitrogens with two attached hydrogens (primary N) is 1. The number of hydrogen-bond donors (Lipinski definition) is 1. The fourth-order valence-electron chi connectivity index (χ4n) is 3.53. The van der Waals surface area contributed by atoms with Crippen LogP contribution in [0.5, 0.6) is 0 Å². The number of alkyl halides is 1. The van der Waals surface area contributed by atoms with Gasteiger partial charge in [-0.15, -0.1) is 11.6 Å². The van der Waals surface area contributed by atoms with Crippen LogP contribution in [-0.2, 0) is 4.74 Å². The molecule has 0 aromatic carbocycles. The average molecular weight is 257 g/mol. The summed E-state index contributed by atoms with van der Waals surface area (Å²) >= 11 is 6.13. The van der Waals surface area contributed by atoms with Crippen molar-refractivity contribution in [2.45, 2.75) is 57.7 Å². The largest absolute Gasteiger partial charge is 0.371 e. The number of ether oxygens (including phenoxy) is 1. The molecular formula is C13H21ClN2O. The summed E-state index contributed by atoms with van der Waals surface area (Å²) < 4.78 is 6.10. The van der Waals surface area contributed by atoms with Gasteiger partial charge in [0.1, 0.15) is 0 Å². The van der Waals surface area contributed by atoms with Crippen LogP contribution in [-0.4, -0.2) is 23.6 Å². The fourth-order valence-corrected chi connectivity index (χ4v) is 3.96. The molecule has 0 heterocycles. The monoisotopic (exact) mass is 256 g/mol. The molecule has 96 valence electrons. The summed E-state index contributed by atoms with van der Waals surface area (Å²) in [6, 6.07) is 2.38. The molecule has 0 amide bonds. The van der Waals surface area contributed by atoms with Crippen LogP contribution in [0.25, 0.3) is 0 Å². The lowest BCUT2D eigenvalue weighted by Gasteiger charge is -2.63. The summed E-state index contributed by atoms with van der Waals surface area (Å²) in [5, 5.41) is 8.95. The zero-order chi connectivity index (χ0) is 13.0. The van der Waals surface area contributed by atoms with Crippen LogP contribution in [0.15, 0.2) is 0 Å². The summed E-state index contributed by atoms with van der Waals surface area (Å²) in [6.07, 6.45) is 0.688. The van der Waals surface area contributed by atoms with E-state index >= 15 is 0 Å². The molecule has 0 bridgehead atoms. The van der Waals surface area contributed by atoms with Crippen molar-refractivity contribution in [3.05, 3.63) is 0 Å². The van der Waals surface area contributed by atoms with Crippen LogP contribution in [0.3, 0.4) is 0 Å². The van der Waals surface area contributed by atoms with Crippen LogP contribution < -0.4 is 5.73 Å². The summed E-state index contributed by atoms with van der Waals surface area (Å²) in [7, 11) is 0. The second-order valence-electron chi connectivity index (χ2n) is 6.59. The molecule has 17 heavy (non-hydrogen) atoms. The van der Waals surface area contributed by atoms with Gasteiger partial charge in [-0.1, -0.05) is 27.7 Å². The van der Waals surface area contributed by atoms with E-state index < -0.39 is 0 Å². The number of nitrogens with zero attached hydrogens (tertiary/aromatic N) is 1. The molecule has 3 nitrogen and oxygen atoms in total. The van der Waals surface area contributed by atoms with Gasteiger partial charge >= 0.3 is 0 Å². The Bertz CT molecular complexity index is 345. The van der Waals surface area contributed by atoms with E-state index in [1.807, 2.05) is 0 Å². The molecule has 0 aliphatic heterocycles. The molecule has 0 saturated heterocycles. The van der Waals surface area contributed by atoms with Gasteiger partial charge in [0.2, 0.25) is 0 Å². The maximum Gasteiger partial charge on any atom is 0.0901 e. The van der Waals surface area contributed by atoms with Crippen LogP contribution in [0.4, 0.5) is 0 Å². The lowest BCUT2D eigenvalue weighted by atomic mass is 9.49. The summed E-state index contributed by atoms with van der Waals surface area (Å²) in [5.74, 6) is -0.0547. The molecule has 2 rings (SSSR count). The fraction of sp³-hybridized carbons (Fsp3) is 0.923. The van der Waals surface area contributed by atoms with E-state index in [-0.39, 0.29) is 40.4 Å². The average Bonchev–Trinajstić information content (AvgIpc) is 2.24. The van der Waals surface area contributed by atoms with Gasteiger partial charge in [-0.3, -0.25) is 0 Å². The lowest BCUT2D eigenvalue weighted by molar-refractivity contribution is -0.238. The Hall–Kier alpha value is -0.300. The van der Waals surface area contributed by atoms with Gasteiger partial charge in [-0.2, -0.15) is 5.26 Å². The first kappa shape index (κ1) is 13.1. The van der Waals surface area contributed by atoms with Crippen molar-refractivity contribution in [3.63, 3.8) is 0 Å². The third kappa shape index (κ3) is 1.69. The van der Waals surface area contributed by atoms with Gasteiger partial charge in [0.25, 0.3) is 0 Å². The molecule has 4 heteroatoms. The minimum atomic E-state index is -0.127. The Morgan fingerprint density at radius 3 is 2.24 bits per heavy atom. The van der Waals surface area contributed by atoms with Crippen LogP contribution in [0.1, 0.15) is 34.1 Å². The number of hydrogen-bond acceptors (Lipinski definition) is 3. The van der Waals surface area contributed by atoms with Crippen LogP contribution >= 0.6 is 11.6 Å². The zero-order valence-corrected chi connectivity index (χ0v) is 11.7. The summed E-state index contributed by atoms with van der Waals surface area (Å²) in [5.41, 5.74) is 6.09.